The van der Waals surface area contributed by atoms with Crippen LogP contribution in [0.3, 0.4) is 0 Å². The molecule has 4 nitrogen and oxygen atoms in total. The molecule has 0 bridgehead atoms. The molecule has 2 aromatic carbocycles. The zero-order valence-corrected chi connectivity index (χ0v) is 11.9. The normalized spacial score (nSPS) is 10.2. The van der Waals surface area contributed by atoms with E-state index in [9.17, 15) is 9.90 Å². The molecule has 1 amide bonds. The Labute approximate surface area is 119 Å². The zero-order chi connectivity index (χ0) is 14.0. The molecule has 0 atom stereocenters. The number of nitrogens with two attached hydrogens (primary N) is 1. The molecule has 2 rings (SSSR count). The van der Waals surface area contributed by atoms with Crippen LogP contribution in [0.5, 0.6) is 5.75 Å². The van der Waals surface area contributed by atoms with Gasteiger partial charge >= 0.3 is 0 Å². The quantitative estimate of drug-likeness (QED) is 0.587. The molecule has 0 saturated heterocycles. The van der Waals surface area contributed by atoms with Crippen LogP contribution in [0.2, 0.25) is 0 Å². The van der Waals surface area contributed by atoms with Gasteiger partial charge in [0.15, 0.2) is 0 Å². The summed E-state index contributed by atoms with van der Waals surface area (Å²) in [6.07, 6.45) is 0. The molecule has 0 fully saturated rings. The van der Waals surface area contributed by atoms with Gasteiger partial charge in [0, 0.05) is 15.7 Å². The lowest BCUT2D eigenvalue weighted by molar-refractivity contribution is 0.102. The van der Waals surface area contributed by atoms with Crippen LogP contribution < -0.4 is 11.1 Å². The maximum atomic E-state index is 12.1. The first-order valence-electron chi connectivity index (χ1n) is 5.63. The summed E-state index contributed by atoms with van der Waals surface area (Å²) >= 11 is 3.27. The van der Waals surface area contributed by atoms with Crippen molar-refractivity contribution in [2.45, 2.75) is 6.92 Å². The fourth-order valence-corrected chi connectivity index (χ4v) is 1.99. The molecule has 0 aromatic heterocycles. The van der Waals surface area contributed by atoms with E-state index in [1.165, 1.54) is 0 Å². The Morgan fingerprint density at radius 1 is 1.26 bits per heavy atom. The van der Waals surface area contributed by atoms with E-state index in [4.69, 9.17) is 5.73 Å². The van der Waals surface area contributed by atoms with Crippen LogP contribution in [0, 0.1) is 6.92 Å². The van der Waals surface area contributed by atoms with E-state index in [-0.39, 0.29) is 11.7 Å². The van der Waals surface area contributed by atoms with Crippen LogP contribution >= 0.6 is 15.9 Å². The number of anilines is 2. The van der Waals surface area contributed by atoms with Gasteiger partial charge in [-0.3, -0.25) is 4.79 Å². The Morgan fingerprint density at radius 2 is 2.00 bits per heavy atom. The summed E-state index contributed by atoms with van der Waals surface area (Å²) < 4.78 is 0.661. The minimum atomic E-state index is -0.304. The number of halogens is 1. The monoisotopic (exact) mass is 320 g/mol. The van der Waals surface area contributed by atoms with E-state index in [2.05, 4.69) is 21.2 Å². The third kappa shape index (κ3) is 3.06. The third-order valence-electron chi connectivity index (χ3n) is 2.66. The number of nitrogens with one attached hydrogen (secondary N) is 1. The highest BCUT2D eigenvalue weighted by atomic mass is 79.9. The van der Waals surface area contributed by atoms with Gasteiger partial charge < -0.3 is 16.2 Å². The van der Waals surface area contributed by atoms with Crippen LogP contribution in [-0.2, 0) is 0 Å². The highest BCUT2D eigenvalue weighted by molar-refractivity contribution is 9.10. The van der Waals surface area contributed by atoms with E-state index in [1.807, 2.05) is 6.92 Å². The summed E-state index contributed by atoms with van der Waals surface area (Å²) in [6.45, 7) is 1.88. The number of benzene rings is 2. The molecule has 98 valence electrons. The van der Waals surface area contributed by atoms with Gasteiger partial charge in [0.1, 0.15) is 5.75 Å². The van der Waals surface area contributed by atoms with E-state index < -0.39 is 0 Å². The van der Waals surface area contributed by atoms with E-state index in [1.54, 1.807) is 36.4 Å². The van der Waals surface area contributed by atoms with Crippen LogP contribution in [0.4, 0.5) is 11.4 Å². The van der Waals surface area contributed by atoms with Crippen molar-refractivity contribution >= 4 is 33.2 Å². The highest BCUT2D eigenvalue weighted by Gasteiger charge is 2.10. The lowest BCUT2D eigenvalue weighted by atomic mass is 10.1. The molecule has 0 aliphatic carbocycles. The molecule has 0 aliphatic rings. The minimum Gasteiger partial charge on any atom is -0.506 e. The van der Waals surface area contributed by atoms with Gasteiger partial charge in [-0.15, -0.1) is 0 Å². The smallest absolute Gasteiger partial charge is 0.255 e. The second-order valence-corrected chi connectivity index (χ2v) is 5.07. The predicted octanol–water partition coefficient (Wildman–Crippen LogP) is 3.30. The molecule has 0 saturated carbocycles. The first-order valence-corrected chi connectivity index (χ1v) is 6.42. The van der Waals surface area contributed by atoms with Crippen molar-refractivity contribution in [3.63, 3.8) is 0 Å². The van der Waals surface area contributed by atoms with Crippen molar-refractivity contribution < 1.29 is 9.90 Å². The molecule has 0 heterocycles. The van der Waals surface area contributed by atoms with Crippen LogP contribution in [-0.4, -0.2) is 11.0 Å². The van der Waals surface area contributed by atoms with Crippen molar-refractivity contribution in [1.82, 2.24) is 0 Å². The third-order valence-corrected chi connectivity index (χ3v) is 3.35. The van der Waals surface area contributed by atoms with E-state index >= 15 is 0 Å². The lowest BCUT2D eigenvalue weighted by Crippen LogP contribution is -2.12. The second-order valence-electron chi connectivity index (χ2n) is 4.21. The molecule has 0 radical (unpaired) electrons. The maximum Gasteiger partial charge on any atom is 0.255 e. The summed E-state index contributed by atoms with van der Waals surface area (Å²) in [5, 5.41) is 12.3. The Bertz CT molecular complexity index is 641. The van der Waals surface area contributed by atoms with Gasteiger partial charge in [0.25, 0.3) is 5.91 Å². The number of carbonyl (C=O) groups excluding carboxylic acids is 1. The second kappa shape index (κ2) is 5.32. The SMILES string of the molecule is Cc1ccc(O)c(NC(=O)c2ccc(N)c(Br)c2)c1. The first-order chi connectivity index (χ1) is 8.97. The van der Waals surface area contributed by atoms with Gasteiger partial charge in [-0.1, -0.05) is 6.07 Å². The Morgan fingerprint density at radius 3 is 2.68 bits per heavy atom. The van der Waals surface area contributed by atoms with Gasteiger partial charge in [-0.05, 0) is 58.7 Å². The van der Waals surface area contributed by atoms with Crippen molar-refractivity contribution in [2.75, 3.05) is 11.1 Å². The number of nitrogen functional groups attached to an aromatic ring is 1. The average Bonchev–Trinajstić information content (AvgIpc) is 2.37. The number of aryl methyl sites for hydroxylation is 1. The molecule has 0 spiro atoms. The summed E-state index contributed by atoms with van der Waals surface area (Å²) in [6, 6.07) is 9.93. The number of hydrogen-bond donors (Lipinski definition) is 3. The largest absolute Gasteiger partial charge is 0.506 e. The maximum absolute atomic E-state index is 12.1. The minimum absolute atomic E-state index is 0.0356. The highest BCUT2D eigenvalue weighted by Crippen LogP contribution is 2.25. The summed E-state index contributed by atoms with van der Waals surface area (Å²) in [5.74, 6) is -0.268. The van der Waals surface area contributed by atoms with Gasteiger partial charge in [-0.25, -0.2) is 0 Å². The number of rotatable bonds is 2. The van der Waals surface area contributed by atoms with Crippen LogP contribution in [0.1, 0.15) is 15.9 Å². The van der Waals surface area contributed by atoms with Crippen molar-refractivity contribution in [3.8, 4) is 5.75 Å². The zero-order valence-electron chi connectivity index (χ0n) is 10.3. The number of hydrogen-bond acceptors (Lipinski definition) is 3. The first kappa shape index (κ1) is 13.4. The number of amides is 1. The van der Waals surface area contributed by atoms with Crippen molar-refractivity contribution in [3.05, 3.63) is 52.0 Å². The number of carbonyl (C=O) groups is 1. The summed E-state index contributed by atoms with van der Waals surface area (Å²) in [7, 11) is 0. The number of aromatic hydroxyl groups is 1. The Balaban J connectivity index is 2.25. The van der Waals surface area contributed by atoms with Crippen molar-refractivity contribution in [2.24, 2.45) is 0 Å². The lowest BCUT2D eigenvalue weighted by Gasteiger charge is -2.09. The molecule has 0 unspecified atom stereocenters. The molecular weight excluding hydrogens is 308 g/mol. The van der Waals surface area contributed by atoms with Gasteiger partial charge in [0.2, 0.25) is 0 Å². The number of phenols is 1. The van der Waals surface area contributed by atoms with Gasteiger partial charge in [-0.2, -0.15) is 0 Å². The Kier molecular flexibility index (Phi) is 3.76. The Hall–Kier alpha value is -2.01. The average molecular weight is 321 g/mol. The molecule has 4 N–H and O–H groups in total. The molecular formula is C14H13BrN2O2. The standard InChI is InChI=1S/C14H13BrN2O2/c1-8-2-5-13(18)12(6-8)17-14(19)9-3-4-11(16)10(15)7-9/h2-7,18H,16H2,1H3,(H,17,19). The van der Waals surface area contributed by atoms with Crippen LogP contribution in [0.25, 0.3) is 0 Å². The van der Waals surface area contributed by atoms with E-state index in [0.29, 0.717) is 21.4 Å². The topological polar surface area (TPSA) is 75.3 Å². The molecule has 0 aliphatic heterocycles. The van der Waals surface area contributed by atoms with Gasteiger partial charge in [0.05, 0.1) is 5.69 Å². The predicted molar refractivity (Wildman–Crippen MR) is 79.4 cm³/mol. The fourth-order valence-electron chi connectivity index (χ4n) is 1.61. The molecule has 2 aromatic rings. The fraction of sp³-hybridized carbons (Fsp3) is 0.0714. The molecule has 5 heteroatoms. The number of phenolic OH excluding ortho intramolecular Hbond substituents is 1. The van der Waals surface area contributed by atoms with Crippen LogP contribution in [0.15, 0.2) is 40.9 Å². The summed E-state index contributed by atoms with van der Waals surface area (Å²) in [4.78, 5) is 12.1. The van der Waals surface area contributed by atoms with E-state index in [0.717, 1.165) is 5.56 Å². The molecule has 19 heavy (non-hydrogen) atoms. The van der Waals surface area contributed by atoms with Crippen molar-refractivity contribution in [1.29, 1.82) is 0 Å². The summed E-state index contributed by atoms with van der Waals surface area (Å²) in [5.41, 5.74) is 8.03.